The van der Waals surface area contributed by atoms with Crippen LogP contribution in [0.15, 0.2) is 0 Å². The van der Waals surface area contributed by atoms with E-state index in [1.807, 2.05) is 0 Å². The van der Waals surface area contributed by atoms with Crippen molar-refractivity contribution in [3.63, 3.8) is 0 Å². The van der Waals surface area contributed by atoms with E-state index in [0.717, 1.165) is 70.4 Å². The highest BCUT2D eigenvalue weighted by Gasteiger charge is 2.73. The van der Waals surface area contributed by atoms with Crippen molar-refractivity contribution in [2.24, 2.45) is 68.0 Å². The van der Waals surface area contributed by atoms with Gasteiger partial charge in [-0.15, -0.1) is 0 Å². The minimum atomic E-state index is -1.14. The summed E-state index contributed by atoms with van der Waals surface area (Å²) in [4.78, 5) is 42.1. The normalized spacial score (nSPS) is 43.1. The largest absolute Gasteiger partial charge is 0.481 e. The van der Waals surface area contributed by atoms with Gasteiger partial charge in [0.05, 0.1) is 36.6 Å². The molecule has 7 aliphatic rings. The van der Waals surface area contributed by atoms with Gasteiger partial charge in [-0.05, 0) is 155 Å². The number of amides is 1. The van der Waals surface area contributed by atoms with E-state index in [2.05, 4.69) is 39.5 Å². The summed E-state index contributed by atoms with van der Waals surface area (Å²) in [5.41, 5.74) is -0.955. The lowest BCUT2D eigenvalue weighted by Gasteiger charge is -2.73. The quantitative estimate of drug-likeness (QED) is 0.178. The molecule has 0 aromatic rings. The molecule has 0 unspecified atom stereocenters. The van der Waals surface area contributed by atoms with Crippen LogP contribution in [0.4, 0.5) is 0 Å². The Morgan fingerprint density at radius 2 is 1.48 bits per heavy atom. The summed E-state index contributed by atoms with van der Waals surface area (Å²) in [6.07, 6.45) is 15.7. The maximum Gasteiger partial charge on any atom is 0.309 e. The van der Waals surface area contributed by atoms with E-state index in [1.165, 1.54) is 38.5 Å². The molecule has 0 aromatic carbocycles. The van der Waals surface area contributed by atoms with Crippen molar-refractivity contribution in [3.8, 4) is 0 Å². The first-order chi connectivity index (χ1) is 24.4. The van der Waals surface area contributed by atoms with Gasteiger partial charge in [0, 0.05) is 25.6 Å². The number of carboxylic acids is 1. The molecule has 294 valence electrons. The summed E-state index contributed by atoms with van der Waals surface area (Å²) in [6.45, 7) is 18.7. The van der Waals surface area contributed by atoms with Crippen LogP contribution in [0.25, 0.3) is 0 Å². The van der Waals surface area contributed by atoms with Gasteiger partial charge >= 0.3 is 11.9 Å². The smallest absolute Gasteiger partial charge is 0.309 e. The Kier molecular flexibility index (Phi) is 10.0. The fourth-order valence-corrected chi connectivity index (χ4v) is 14.7. The predicted octanol–water partition coefficient (Wildman–Crippen LogP) is 8.54. The van der Waals surface area contributed by atoms with Crippen LogP contribution in [0.1, 0.15) is 145 Å². The number of hydrogen-bond donors (Lipinski definition) is 1. The van der Waals surface area contributed by atoms with E-state index in [9.17, 15) is 19.5 Å². The Labute approximate surface area is 314 Å². The molecule has 10 atom stereocenters. The van der Waals surface area contributed by atoms with Crippen molar-refractivity contribution in [2.75, 3.05) is 33.4 Å². The number of ether oxygens (including phenoxy) is 3. The van der Waals surface area contributed by atoms with Gasteiger partial charge in [0.25, 0.3) is 0 Å². The van der Waals surface area contributed by atoms with E-state index < -0.39 is 11.4 Å². The Balaban J connectivity index is 1.10. The van der Waals surface area contributed by atoms with Crippen molar-refractivity contribution in [1.29, 1.82) is 0 Å². The maximum atomic E-state index is 15.0. The van der Waals surface area contributed by atoms with Gasteiger partial charge in [0.2, 0.25) is 5.91 Å². The molecule has 8 nitrogen and oxygen atoms in total. The van der Waals surface area contributed by atoms with Crippen LogP contribution >= 0.6 is 0 Å². The number of nitrogens with zero attached hydrogens (tertiary/aromatic N) is 1. The Morgan fingerprint density at radius 1 is 0.769 bits per heavy atom. The topological polar surface area (TPSA) is 102 Å². The zero-order valence-electron chi connectivity index (χ0n) is 33.9. The molecule has 52 heavy (non-hydrogen) atoms. The van der Waals surface area contributed by atoms with Gasteiger partial charge in [-0.2, -0.15) is 0 Å². The van der Waals surface area contributed by atoms with Crippen molar-refractivity contribution in [1.82, 2.24) is 4.90 Å². The van der Waals surface area contributed by atoms with Crippen LogP contribution < -0.4 is 0 Å². The second kappa shape index (κ2) is 13.5. The second-order valence-corrected chi connectivity index (χ2v) is 20.9. The Bertz CT molecular complexity index is 1380. The third-order valence-corrected chi connectivity index (χ3v) is 17.9. The average Bonchev–Trinajstić information content (AvgIpc) is 3.85. The number of carbonyl (C=O) groups is 3. The van der Waals surface area contributed by atoms with Crippen LogP contribution in [0.3, 0.4) is 0 Å². The van der Waals surface area contributed by atoms with Crippen LogP contribution in [0.5, 0.6) is 0 Å². The zero-order valence-corrected chi connectivity index (χ0v) is 33.9. The molecule has 1 aliphatic heterocycles. The van der Waals surface area contributed by atoms with Crippen LogP contribution in [-0.4, -0.2) is 73.5 Å². The summed E-state index contributed by atoms with van der Waals surface area (Å²) in [7, 11) is 1.71. The average molecular weight is 726 g/mol. The van der Waals surface area contributed by atoms with Gasteiger partial charge in [-0.25, -0.2) is 0 Å². The first-order valence-electron chi connectivity index (χ1n) is 21.3. The molecule has 1 N–H and O–H groups in total. The Morgan fingerprint density at radius 3 is 2.13 bits per heavy atom. The third-order valence-electron chi connectivity index (χ3n) is 17.9. The predicted molar refractivity (Wildman–Crippen MR) is 200 cm³/mol. The molecule has 0 bridgehead atoms. The fourth-order valence-electron chi connectivity index (χ4n) is 14.7. The first kappa shape index (κ1) is 38.6. The minimum Gasteiger partial charge on any atom is -0.481 e. The van der Waals surface area contributed by atoms with Crippen molar-refractivity contribution < 1.29 is 33.7 Å². The number of carboxylic acid groups (broad SMARTS) is 1. The third kappa shape index (κ3) is 6.00. The summed E-state index contributed by atoms with van der Waals surface area (Å²) in [5.74, 6) is 2.80. The molecule has 6 saturated carbocycles. The molecule has 1 saturated heterocycles. The van der Waals surface area contributed by atoms with E-state index in [1.54, 1.807) is 21.0 Å². The number of methoxy groups -OCH3 is 1. The number of rotatable bonds is 10. The van der Waals surface area contributed by atoms with Gasteiger partial charge in [0.1, 0.15) is 6.10 Å². The van der Waals surface area contributed by atoms with Gasteiger partial charge < -0.3 is 24.2 Å². The van der Waals surface area contributed by atoms with Crippen LogP contribution in [0, 0.1) is 68.0 Å². The highest BCUT2D eigenvalue weighted by molar-refractivity contribution is 5.84. The summed E-state index contributed by atoms with van der Waals surface area (Å²) in [5, 5.41) is 9.63. The number of piperidine rings is 1. The van der Waals surface area contributed by atoms with E-state index in [4.69, 9.17) is 14.2 Å². The van der Waals surface area contributed by atoms with Gasteiger partial charge in [-0.1, -0.05) is 34.6 Å². The summed E-state index contributed by atoms with van der Waals surface area (Å²) < 4.78 is 17.5. The van der Waals surface area contributed by atoms with Crippen molar-refractivity contribution in [2.45, 2.75) is 157 Å². The number of likely N-dealkylation sites (tertiary alicyclic amines) is 1. The lowest BCUT2D eigenvalue weighted by atomic mass is 9.32. The number of aliphatic carboxylic acids is 1. The first-order valence-corrected chi connectivity index (χ1v) is 21.3. The van der Waals surface area contributed by atoms with Crippen LogP contribution in [-0.2, 0) is 28.6 Å². The van der Waals surface area contributed by atoms with E-state index in [0.29, 0.717) is 48.7 Å². The fraction of sp³-hybridized carbons (Fsp3) is 0.932. The standard InChI is InChI=1S/C44H71NO7/c1-39(2,38(48)49)27-35(46)52-34-15-18-41(5)32(40(34,3)4)14-19-43(7)33(41)12-11-31-36-30(28-9-10-28)13-20-44(36,22-21-42(31,43)6)37(47)45-23-16-29(17-24-45)51-26-25-50-8/h28-34,36H,9-27H2,1-8H3,(H,48,49)/t30-,31+,32-,33+,34-,36+,41-,42+,43+,44-/m0/s1. The molecule has 7 rings (SSSR count). The molecular formula is C44H71NO7. The molecule has 6 aliphatic carbocycles. The lowest BCUT2D eigenvalue weighted by molar-refractivity contribution is -0.251. The van der Waals surface area contributed by atoms with E-state index in [-0.39, 0.29) is 51.7 Å². The van der Waals surface area contributed by atoms with Gasteiger partial charge in [0.15, 0.2) is 0 Å². The zero-order chi connectivity index (χ0) is 37.5. The van der Waals surface area contributed by atoms with Gasteiger partial charge in [-0.3, -0.25) is 14.4 Å². The molecule has 1 heterocycles. The number of hydrogen-bond acceptors (Lipinski definition) is 6. The Hall–Kier alpha value is -1.67. The monoisotopic (exact) mass is 726 g/mol. The molecule has 8 heteroatoms. The molecule has 0 spiro atoms. The molecule has 7 fully saturated rings. The molecular weight excluding hydrogens is 654 g/mol. The number of fused-ring (bicyclic) bond motifs is 7. The molecule has 1 amide bonds. The summed E-state index contributed by atoms with van der Waals surface area (Å²) >= 11 is 0. The highest BCUT2D eigenvalue weighted by Crippen LogP contribution is 2.78. The molecule has 0 radical (unpaired) electrons. The molecule has 0 aromatic heterocycles. The second-order valence-electron chi connectivity index (χ2n) is 20.9. The number of esters is 1. The van der Waals surface area contributed by atoms with Crippen LogP contribution in [0.2, 0.25) is 0 Å². The number of carbonyl (C=O) groups excluding carboxylic acids is 2. The maximum absolute atomic E-state index is 15.0. The lowest BCUT2D eigenvalue weighted by Crippen LogP contribution is -2.67. The highest BCUT2D eigenvalue weighted by atomic mass is 16.5. The van der Waals surface area contributed by atoms with Crippen molar-refractivity contribution in [3.05, 3.63) is 0 Å². The SMILES string of the molecule is COCCOC1CCN(C(=O)[C@]23CC[C@@H](C4CC4)[C@@H]2[C@H]2CC[C@@H]4[C@@]5(C)CC[C@H](OC(=O)CC(C)(C)C(=O)O)C(C)(C)[C@@H]5CC[C@@]4(C)[C@]2(C)CC3)CC1. The van der Waals surface area contributed by atoms with E-state index >= 15 is 0 Å². The van der Waals surface area contributed by atoms with Crippen molar-refractivity contribution >= 4 is 17.8 Å². The summed E-state index contributed by atoms with van der Waals surface area (Å²) in [6, 6.07) is 0. The minimum absolute atomic E-state index is 0.105.